The van der Waals surface area contributed by atoms with E-state index in [9.17, 15) is 22.0 Å². The number of nitrogens with zero attached hydrogens (tertiary/aromatic N) is 2. The largest absolute Gasteiger partial charge is 0.586 e. The van der Waals surface area contributed by atoms with Crippen LogP contribution in [0.15, 0.2) is 46.5 Å². The fraction of sp³-hybridized carbons (Fsp3) is 0.222. The molecular weight excluding hydrogens is 454 g/mol. The molecule has 0 fully saturated rings. The Morgan fingerprint density at radius 1 is 1.23 bits per heavy atom. The molecule has 3 N–H and O–H groups in total. The van der Waals surface area contributed by atoms with Crippen LogP contribution in [0.3, 0.4) is 0 Å². The van der Waals surface area contributed by atoms with Crippen molar-refractivity contribution in [2.45, 2.75) is 29.8 Å². The molecule has 3 aromatic rings. The highest BCUT2D eigenvalue weighted by atomic mass is 32.2. The first kappa shape index (κ1) is 21.3. The number of ether oxygens (including phenoxy) is 2. The van der Waals surface area contributed by atoms with E-state index in [-0.39, 0.29) is 27.8 Å². The van der Waals surface area contributed by atoms with E-state index in [1.807, 2.05) is 11.5 Å². The van der Waals surface area contributed by atoms with Crippen LogP contribution in [0.25, 0.3) is 11.0 Å². The van der Waals surface area contributed by atoms with Crippen LogP contribution < -0.4 is 19.9 Å². The van der Waals surface area contributed by atoms with Crippen LogP contribution in [-0.2, 0) is 21.4 Å². The van der Waals surface area contributed by atoms with Crippen molar-refractivity contribution < 1.29 is 31.5 Å². The molecule has 0 saturated carbocycles. The summed E-state index contributed by atoms with van der Waals surface area (Å²) in [6, 6.07) is 8.33. The molecule has 31 heavy (non-hydrogen) atoms. The Hall–Kier alpha value is -2.90. The predicted octanol–water partition coefficient (Wildman–Crippen LogP) is 2.76. The Morgan fingerprint density at radius 3 is 2.68 bits per heavy atom. The average molecular weight is 470 g/mol. The van der Waals surface area contributed by atoms with Gasteiger partial charge in [0.15, 0.2) is 16.7 Å². The van der Waals surface area contributed by atoms with Crippen LogP contribution in [0, 0.1) is 0 Å². The molecule has 1 aliphatic rings. The first-order chi connectivity index (χ1) is 14.6. The van der Waals surface area contributed by atoms with Crippen molar-refractivity contribution in [1.82, 2.24) is 9.55 Å². The second-order valence-corrected chi connectivity index (χ2v) is 9.00. The molecule has 1 aliphatic heterocycles. The summed E-state index contributed by atoms with van der Waals surface area (Å²) in [5, 5.41) is 8.28. The third-order valence-electron chi connectivity index (χ3n) is 4.35. The van der Waals surface area contributed by atoms with Crippen LogP contribution in [0.5, 0.6) is 11.5 Å². The Morgan fingerprint density at radius 2 is 1.97 bits per heavy atom. The van der Waals surface area contributed by atoms with Gasteiger partial charge in [-0.05, 0) is 37.3 Å². The summed E-state index contributed by atoms with van der Waals surface area (Å²) in [5.41, 5.74) is 1.41. The lowest BCUT2D eigenvalue weighted by Gasteiger charge is -2.07. The summed E-state index contributed by atoms with van der Waals surface area (Å²) in [6.45, 7) is 2.44. The van der Waals surface area contributed by atoms with Gasteiger partial charge in [-0.2, -0.15) is 0 Å². The fourth-order valence-electron chi connectivity index (χ4n) is 3.03. The van der Waals surface area contributed by atoms with E-state index in [1.165, 1.54) is 30.3 Å². The van der Waals surface area contributed by atoms with Gasteiger partial charge < -0.3 is 19.4 Å². The quantitative estimate of drug-likeness (QED) is 0.531. The summed E-state index contributed by atoms with van der Waals surface area (Å²) in [7, 11) is -3.86. The Balaban J connectivity index is 1.47. The third kappa shape index (κ3) is 4.43. The number of carbonyl (C=O) groups is 1. The Bertz CT molecular complexity index is 1290. The number of alkyl halides is 2. The van der Waals surface area contributed by atoms with Crippen molar-refractivity contribution in [2.75, 3.05) is 11.1 Å². The minimum absolute atomic E-state index is 0.0179. The van der Waals surface area contributed by atoms with E-state index < -0.39 is 22.2 Å². The van der Waals surface area contributed by atoms with Gasteiger partial charge in [0.2, 0.25) is 15.9 Å². The number of aromatic nitrogens is 2. The number of nitrogens with one attached hydrogen (secondary N) is 1. The molecule has 0 saturated heterocycles. The number of anilines is 1. The summed E-state index contributed by atoms with van der Waals surface area (Å²) >= 11 is 1.15. The number of sulfonamides is 1. The van der Waals surface area contributed by atoms with Gasteiger partial charge in [0.05, 0.1) is 21.7 Å². The lowest BCUT2D eigenvalue weighted by molar-refractivity contribution is -0.286. The van der Waals surface area contributed by atoms with Crippen LogP contribution >= 0.6 is 11.8 Å². The van der Waals surface area contributed by atoms with E-state index in [4.69, 9.17) is 5.14 Å². The molecule has 4 rings (SSSR count). The second kappa shape index (κ2) is 7.66. The minimum atomic E-state index is -3.86. The maximum atomic E-state index is 13.1. The summed E-state index contributed by atoms with van der Waals surface area (Å²) in [6.07, 6.45) is -3.73. The maximum Gasteiger partial charge on any atom is 0.586 e. The van der Waals surface area contributed by atoms with Crippen LogP contribution in [0.1, 0.15) is 6.92 Å². The standard InChI is InChI=1S/C18H16F2N4O5S2/c1-2-24-13-5-4-11(31(21,26)27)8-12(13)23-17(24)30-9-16(25)22-10-3-6-14-15(7-10)29-18(19,20)28-14/h3-8H,2,9H2,1H3,(H,22,25)(H2,21,26,27). The number of rotatable bonds is 6. The smallest absolute Gasteiger partial charge is 0.395 e. The number of thioether (sulfide) groups is 1. The van der Waals surface area contributed by atoms with Gasteiger partial charge in [-0.15, -0.1) is 8.78 Å². The normalized spacial score (nSPS) is 14.7. The molecule has 0 aliphatic carbocycles. The molecular formula is C18H16F2N4O5S2. The lowest BCUT2D eigenvalue weighted by Crippen LogP contribution is -2.25. The number of benzene rings is 2. The average Bonchev–Trinajstić information content (AvgIpc) is 3.19. The van der Waals surface area contributed by atoms with Gasteiger partial charge in [0.1, 0.15) is 0 Å². The molecule has 0 bridgehead atoms. The number of hydrogen-bond donors (Lipinski definition) is 2. The zero-order valence-corrected chi connectivity index (χ0v) is 17.6. The molecule has 0 unspecified atom stereocenters. The maximum absolute atomic E-state index is 13.1. The SMILES string of the molecule is CCn1c(SCC(=O)Nc2ccc3c(c2)OC(F)(F)O3)nc2cc(S(N)(=O)=O)ccc21. The van der Waals surface area contributed by atoms with E-state index in [1.54, 1.807) is 6.07 Å². The first-order valence-electron chi connectivity index (χ1n) is 8.91. The Kier molecular flexibility index (Phi) is 5.27. The van der Waals surface area contributed by atoms with Crippen molar-refractivity contribution >= 4 is 44.4 Å². The highest BCUT2D eigenvalue weighted by molar-refractivity contribution is 7.99. The van der Waals surface area contributed by atoms with Gasteiger partial charge in [0, 0.05) is 18.3 Å². The molecule has 0 atom stereocenters. The van der Waals surface area contributed by atoms with Crippen LogP contribution in [-0.4, -0.2) is 35.9 Å². The van der Waals surface area contributed by atoms with E-state index in [0.717, 1.165) is 11.8 Å². The minimum Gasteiger partial charge on any atom is -0.395 e. The van der Waals surface area contributed by atoms with Crippen molar-refractivity contribution in [3.63, 3.8) is 0 Å². The molecule has 1 aromatic heterocycles. The second-order valence-electron chi connectivity index (χ2n) is 6.50. The van der Waals surface area contributed by atoms with E-state index >= 15 is 0 Å². The number of primary sulfonamides is 1. The lowest BCUT2D eigenvalue weighted by atomic mass is 10.3. The molecule has 2 aromatic carbocycles. The molecule has 1 amide bonds. The molecule has 9 nitrogen and oxygen atoms in total. The number of halogens is 2. The van der Waals surface area contributed by atoms with Gasteiger partial charge in [-0.25, -0.2) is 18.5 Å². The van der Waals surface area contributed by atoms with Gasteiger partial charge in [0.25, 0.3) is 0 Å². The molecule has 164 valence electrons. The highest BCUT2D eigenvalue weighted by Crippen LogP contribution is 2.42. The number of hydrogen-bond acceptors (Lipinski definition) is 7. The number of imidazole rings is 1. The fourth-order valence-corrected chi connectivity index (χ4v) is 4.45. The zero-order valence-electron chi connectivity index (χ0n) is 16.0. The van der Waals surface area contributed by atoms with Crippen molar-refractivity contribution in [2.24, 2.45) is 5.14 Å². The van der Waals surface area contributed by atoms with Crippen molar-refractivity contribution in [1.29, 1.82) is 0 Å². The van der Waals surface area contributed by atoms with E-state index in [0.29, 0.717) is 22.7 Å². The number of amides is 1. The number of aryl methyl sites for hydroxylation is 1. The van der Waals surface area contributed by atoms with Crippen molar-refractivity contribution in [3.05, 3.63) is 36.4 Å². The Labute approximate surface area is 179 Å². The van der Waals surface area contributed by atoms with Crippen molar-refractivity contribution in [3.8, 4) is 11.5 Å². The zero-order chi connectivity index (χ0) is 22.4. The molecule has 2 heterocycles. The highest BCUT2D eigenvalue weighted by Gasteiger charge is 2.43. The summed E-state index contributed by atoms with van der Waals surface area (Å²) < 4.78 is 59.8. The third-order valence-corrected chi connectivity index (χ3v) is 6.23. The van der Waals surface area contributed by atoms with E-state index in [2.05, 4.69) is 19.8 Å². The predicted molar refractivity (Wildman–Crippen MR) is 109 cm³/mol. The van der Waals surface area contributed by atoms with Gasteiger partial charge in [-0.1, -0.05) is 11.8 Å². The molecule has 13 heteroatoms. The van der Waals surface area contributed by atoms with Gasteiger partial charge >= 0.3 is 6.29 Å². The molecule has 0 spiro atoms. The summed E-state index contributed by atoms with van der Waals surface area (Å²) in [5.74, 6) is -0.701. The number of fused-ring (bicyclic) bond motifs is 2. The topological polar surface area (TPSA) is 126 Å². The monoisotopic (exact) mass is 470 g/mol. The van der Waals surface area contributed by atoms with Crippen LogP contribution in [0.4, 0.5) is 14.5 Å². The number of nitrogens with two attached hydrogens (primary N) is 1. The van der Waals surface area contributed by atoms with Gasteiger partial charge in [-0.3, -0.25) is 4.79 Å². The first-order valence-corrected chi connectivity index (χ1v) is 11.4. The number of carbonyl (C=O) groups excluding carboxylic acids is 1. The molecule has 0 radical (unpaired) electrons. The van der Waals surface area contributed by atoms with Crippen LogP contribution in [0.2, 0.25) is 0 Å². The summed E-state index contributed by atoms with van der Waals surface area (Å²) in [4.78, 5) is 16.7.